The molecule has 0 bridgehead atoms. The number of hydrogen-bond donors (Lipinski definition) is 5. The molecule has 0 aliphatic carbocycles. The lowest BCUT2D eigenvalue weighted by Gasteiger charge is -2.20. The van der Waals surface area contributed by atoms with Crippen molar-refractivity contribution >= 4 is 50.5 Å². The monoisotopic (exact) mass is 614 g/mol. The van der Waals surface area contributed by atoms with Crippen molar-refractivity contribution in [2.45, 2.75) is 38.9 Å². The molecule has 0 aliphatic rings. The maximum atomic E-state index is 13.1. The molecule has 3 rings (SSSR count). The van der Waals surface area contributed by atoms with Gasteiger partial charge in [0.25, 0.3) is 11.8 Å². The summed E-state index contributed by atoms with van der Waals surface area (Å²) in [6, 6.07) is 12.4. The van der Waals surface area contributed by atoms with E-state index in [4.69, 9.17) is 5.73 Å². The van der Waals surface area contributed by atoms with Crippen molar-refractivity contribution in [3.63, 3.8) is 0 Å². The van der Waals surface area contributed by atoms with Gasteiger partial charge in [-0.25, -0.2) is 8.42 Å². The predicted molar refractivity (Wildman–Crippen MR) is 167 cm³/mol. The van der Waals surface area contributed by atoms with Crippen molar-refractivity contribution < 1.29 is 22.8 Å². The number of carbonyl (C=O) groups is 3. The van der Waals surface area contributed by atoms with E-state index in [1.54, 1.807) is 19.1 Å². The molecule has 6 N–H and O–H groups in total. The molecule has 0 fully saturated rings. The molecule has 0 spiro atoms. The van der Waals surface area contributed by atoms with Crippen LogP contribution in [-0.4, -0.2) is 58.6 Å². The van der Waals surface area contributed by atoms with Crippen molar-refractivity contribution in [3.8, 4) is 0 Å². The third kappa shape index (κ3) is 9.03. The Kier molecular flexibility index (Phi) is 11.1. The van der Waals surface area contributed by atoms with Crippen LogP contribution in [0.4, 0.5) is 11.4 Å². The normalized spacial score (nSPS) is 13.5. The van der Waals surface area contributed by atoms with Crippen LogP contribution in [0.25, 0.3) is 0 Å². The second-order valence-electron chi connectivity index (χ2n) is 10.1. The lowest BCUT2D eigenvalue weighted by atomic mass is 10.1. The quantitative estimate of drug-likeness (QED) is 0.146. The summed E-state index contributed by atoms with van der Waals surface area (Å²) in [6.07, 6.45) is 1.04. The third-order valence-electron chi connectivity index (χ3n) is 6.74. The number of thiophene rings is 1. The summed E-state index contributed by atoms with van der Waals surface area (Å²) >= 11 is 1.51. The van der Waals surface area contributed by atoms with Crippen molar-refractivity contribution in [2.24, 2.45) is 0 Å². The van der Waals surface area contributed by atoms with Crippen LogP contribution in [0.2, 0.25) is 0 Å². The number of anilines is 2. The first-order valence-corrected chi connectivity index (χ1v) is 16.1. The molecule has 3 atom stereocenters. The largest absolute Gasteiger partial charge is 0.399 e. The van der Waals surface area contributed by atoms with Crippen LogP contribution >= 0.6 is 11.3 Å². The van der Waals surface area contributed by atoms with E-state index in [2.05, 4.69) is 21.3 Å². The lowest BCUT2D eigenvalue weighted by Crippen LogP contribution is -2.45. The van der Waals surface area contributed by atoms with Gasteiger partial charge in [0.2, 0.25) is 15.9 Å². The summed E-state index contributed by atoms with van der Waals surface area (Å²) in [5.41, 5.74) is 8.68. The van der Waals surface area contributed by atoms with Crippen molar-refractivity contribution in [2.75, 3.05) is 36.4 Å². The SMILES string of the molecule is CC(NC(=O)c1cc(C(=O)NCCN[C@@H](C)C(=O)N[C@H](C)c2ccc(N)cc2)cc(N(C)S(C)(=O)=O)c1)c1ccsc1. The van der Waals surface area contributed by atoms with E-state index in [-0.39, 0.29) is 41.3 Å². The van der Waals surface area contributed by atoms with Gasteiger partial charge in [0.1, 0.15) is 0 Å². The Hall–Kier alpha value is -3.94. The second kappa shape index (κ2) is 14.3. The molecule has 226 valence electrons. The number of sulfonamides is 1. The zero-order valence-corrected chi connectivity index (χ0v) is 25.9. The van der Waals surface area contributed by atoms with Gasteiger partial charge in [-0.2, -0.15) is 11.3 Å². The molecule has 1 aromatic heterocycles. The minimum atomic E-state index is -3.65. The van der Waals surface area contributed by atoms with Crippen molar-refractivity contribution in [3.05, 3.63) is 81.5 Å². The van der Waals surface area contributed by atoms with Crippen LogP contribution in [0.1, 0.15) is 64.7 Å². The number of amides is 3. The molecule has 3 aromatic rings. The van der Waals surface area contributed by atoms with Gasteiger partial charge in [-0.05, 0) is 79.1 Å². The van der Waals surface area contributed by atoms with Gasteiger partial charge < -0.3 is 27.0 Å². The number of nitrogens with two attached hydrogens (primary N) is 1. The number of rotatable bonds is 13. The minimum absolute atomic E-state index is 0.124. The summed E-state index contributed by atoms with van der Waals surface area (Å²) < 4.78 is 25.4. The summed E-state index contributed by atoms with van der Waals surface area (Å²) in [6.45, 7) is 5.92. The zero-order chi connectivity index (χ0) is 31.0. The summed E-state index contributed by atoms with van der Waals surface area (Å²) in [5, 5.41) is 15.5. The van der Waals surface area contributed by atoms with E-state index in [0.717, 1.165) is 21.7 Å². The predicted octanol–water partition coefficient (Wildman–Crippen LogP) is 2.80. The van der Waals surface area contributed by atoms with Crippen LogP contribution in [0.3, 0.4) is 0 Å². The molecule has 0 aliphatic heterocycles. The van der Waals surface area contributed by atoms with Crippen LogP contribution in [0.15, 0.2) is 59.3 Å². The Morgan fingerprint density at radius 3 is 2.10 bits per heavy atom. The number of nitrogens with zero attached hydrogens (tertiary/aromatic N) is 1. The average Bonchev–Trinajstić information content (AvgIpc) is 3.49. The highest BCUT2D eigenvalue weighted by atomic mass is 32.2. The maximum Gasteiger partial charge on any atom is 0.251 e. The van der Waals surface area contributed by atoms with Gasteiger partial charge in [0, 0.05) is 37.0 Å². The third-order valence-corrected chi connectivity index (χ3v) is 8.65. The molecule has 2 aromatic carbocycles. The number of nitrogen functional groups attached to an aromatic ring is 1. The Morgan fingerprint density at radius 1 is 0.881 bits per heavy atom. The van der Waals surface area contributed by atoms with Gasteiger partial charge >= 0.3 is 0 Å². The van der Waals surface area contributed by atoms with E-state index in [1.807, 2.05) is 42.8 Å². The molecule has 13 heteroatoms. The summed E-state index contributed by atoms with van der Waals surface area (Å²) in [5.74, 6) is -1.13. The molecule has 3 amide bonds. The highest BCUT2D eigenvalue weighted by Gasteiger charge is 2.20. The Morgan fingerprint density at radius 2 is 1.50 bits per heavy atom. The second-order valence-corrected chi connectivity index (χ2v) is 12.9. The van der Waals surface area contributed by atoms with Crippen molar-refractivity contribution in [1.82, 2.24) is 21.3 Å². The average molecular weight is 615 g/mol. The van der Waals surface area contributed by atoms with Gasteiger partial charge in [-0.15, -0.1) is 0 Å². The molecule has 11 nitrogen and oxygen atoms in total. The van der Waals surface area contributed by atoms with E-state index < -0.39 is 27.9 Å². The molecule has 0 saturated heterocycles. The number of carbonyl (C=O) groups excluding carboxylic acids is 3. The smallest absolute Gasteiger partial charge is 0.251 e. The molecular formula is C29H38N6O5S2. The van der Waals surface area contributed by atoms with Crippen LogP contribution < -0.4 is 31.3 Å². The Labute approximate surface area is 250 Å². The molecule has 1 heterocycles. The number of benzene rings is 2. The number of nitrogens with one attached hydrogen (secondary N) is 4. The molecule has 42 heavy (non-hydrogen) atoms. The van der Waals surface area contributed by atoms with Crippen LogP contribution in [-0.2, 0) is 14.8 Å². The lowest BCUT2D eigenvalue weighted by molar-refractivity contribution is -0.123. The fraction of sp³-hybridized carbons (Fsp3) is 0.345. The van der Waals surface area contributed by atoms with Gasteiger partial charge in [-0.3, -0.25) is 18.7 Å². The standard InChI is InChI=1S/C29H38N6O5S2/c1-18(21-6-8-25(30)9-7-21)33-27(36)20(3)31-11-12-32-28(37)23-14-24(16-26(15-23)35(4)42(5,39)40)29(38)34-19(2)22-10-13-41-17-22/h6-10,13-20,31H,11-12,30H2,1-5H3,(H,32,37)(H,33,36)(H,34,38)/t18-,19?,20+/m1/s1. The van der Waals surface area contributed by atoms with E-state index in [0.29, 0.717) is 12.2 Å². The van der Waals surface area contributed by atoms with E-state index >= 15 is 0 Å². The van der Waals surface area contributed by atoms with Crippen molar-refractivity contribution in [1.29, 1.82) is 0 Å². The first-order chi connectivity index (χ1) is 19.8. The highest BCUT2D eigenvalue weighted by Crippen LogP contribution is 2.22. The molecule has 0 radical (unpaired) electrons. The Balaban J connectivity index is 1.62. The van der Waals surface area contributed by atoms with Gasteiger partial charge in [-0.1, -0.05) is 12.1 Å². The number of hydrogen-bond acceptors (Lipinski definition) is 8. The fourth-order valence-corrected chi connectivity index (χ4v) is 5.24. The Bertz CT molecular complexity index is 1490. The summed E-state index contributed by atoms with van der Waals surface area (Å²) in [4.78, 5) is 38.7. The van der Waals surface area contributed by atoms with Crippen LogP contribution in [0, 0.1) is 0 Å². The first-order valence-electron chi connectivity index (χ1n) is 13.4. The van der Waals surface area contributed by atoms with Gasteiger partial charge in [0.15, 0.2) is 0 Å². The summed E-state index contributed by atoms with van der Waals surface area (Å²) in [7, 11) is -2.29. The molecule has 1 unspecified atom stereocenters. The fourth-order valence-electron chi connectivity index (χ4n) is 4.00. The highest BCUT2D eigenvalue weighted by molar-refractivity contribution is 7.92. The van der Waals surface area contributed by atoms with Gasteiger partial charge in [0.05, 0.1) is 30.1 Å². The molecule has 0 saturated carbocycles. The van der Waals surface area contributed by atoms with E-state index in [1.165, 1.54) is 36.6 Å². The zero-order valence-electron chi connectivity index (χ0n) is 24.3. The van der Waals surface area contributed by atoms with Crippen LogP contribution in [0.5, 0.6) is 0 Å². The van der Waals surface area contributed by atoms with E-state index in [9.17, 15) is 22.8 Å². The topological polar surface area (TPSA) is 163 Å². The maximum absolute atomic E-state index is 13.1. The molecular weight excluding hydrogens is 576 g/mol. The first kappa shape index (κ1) is 32.6. The minimum Gasteiger partial charge on any atom is -0.399 e.